The highest BCUT2D eigenvalue weighted by molar-refractivity contribution is 6.36. The van der Waals surface area contributed by atoms with Crippen molar-refractivity contribution in [2.24, 2.45) is 0 Å². The van der Waals surface area contributed by atoms with Gasteiger partial charge in [-0.1, -0.05) is 103 Å². The summed E-state index contributed by atoms with van der Waals surface area (Å²) in [7, 11) is 0. The second-order valence-corrected chi connectivity index (χ2v) is 10.8. The Labute approximate surface area is 253 Å². The van der Waals surface area contributed by atoms with Crippen LogP contribution in [0, 0.1) is 11.3 Å². The molecule has 5 nitrogen and oxygen atoms in total. The van der Waals surface area contributed by atoms with Gasteiger partial charge in [-0.15, -0.1) is 0 Å². The smallest absolute Gasteiger partial charge is 0.268 e. The lowest BCUT2D eigenvalue weighted by Gasteiger charge is -2.20. The van der Waals surface area contributed by atoms with Crippen LogP contribution in [0.15, 0.2) is 140 Å². The molecule has 0 atom stereocenters. The lowest BCUT2D eigenvalue weighted by Crippen LogP contribution is -2.30. The molecule has 0 N–H and O–H groups in total. The summed E-state index contributed by atoms with van der Waals surface area (Å²) in [5, 5.41) is 11.9. The molecule has 44 heavy (non-hydrogen) atoms. The number of rotatable bonds is 4. The van der Waals surface area contributed by atoms with Gasteiger partial charge in [-0.25, -0.2) is 4.90 Å². The zero-order chi connectivity index (χ0) is 29.8. The van der Waals surface area contributed by atoms with E-state index in [-0.39, 0.29) is 5.91 Å². The zero-order valence-corrected chi connectivity index (χ0v) is 23.4. The zero-order valence-electron chi connectivity index (χ0n) is 23.4. The number of nitrogens with zero attached hydrogens (tertiary/aromatic N) is 3. The van der Waals surface area contributed by atoms with Gasteiger partial charge >= 0.3 is 0 Å². The Kier molecular flexibility index (Phi) is 5.75. The van der Waals surface area contributed by atoms with Crippen LogP contribution in [0.5, 0.6) is 0 Å². The van der Waals surface area contributed by atoms with Gasteiger partial charge in [-0.05, 0) is 53.1 Å². The highest BCUT2D eigenvalue weighted by Gasteiger charge is 2.40. The van der Waals surface area contributed by atoms with Gasteiger partial charge in [0, 0.05) is 16.3 Å². The fourth-order valence-electron chi connectivity index (χ4n) is 6.42. The summed E-state index contributed by atoms with van der Waals surface area (Å²) in [5.41, 5.74) is 7.51. The number of hydrogen-bond donors (Lipinski definition) is 0. The van der Waals surface area contributed by atoms with E-state index in [2.05, 4.69) is 6.07 Å². The van der Waals surface area contributed by atoms with Crippen LogP contribution in [0.25, 0.3) is 49.7 Å². The number of benzene rings is 6. The summed E-state index contributed by atoms with van der Waals surface area (Å²) in [6.07, 6.45) is 0. The topological polar surface area (TPSA) is 66.1 Å². The molecule has 0 fully saturated rings. The van der Waals surface area contributed by atoms with Crippen LogP contribution in [-0.4, -0.2) is 16.4 Å². The van der Waals surface area contributed by atoms with E-state index in [4.69, 9.17) is 0 Å². The molecular weight excluding hydrogens is 542 g/mol. The summed E-state index contributed by atoms with van der Waals surface area (Å²) < 4.78 is 1.95. The Bertz CT molecular complexity index is 2330. The molecule has 0 unspecified atom stereocenters. The minimum Gasteiger partial charge on any atom is -0.307 e. The van der Waals surface area contributed by atoms with E-state index in [1.807, 2.05) is 126 Å². The lowest BCUT2D eigenvalue weighted by atomic mass is 9.97. The van der Waals surface area contributed by atoms with Crippen LogP contribution in [0.3, 0.4) is 0 Å². The molecule has 5 heteroatoms. The Morgan fingerprint density at radius 1 is 0.523 bits per heavy atom. The number of nitriles is 1. The Morgan fingerprint density at radius 3 is 1.98 bits per heavy atom. The molecule has 0 saturated carbocycles. The molecule has 0 aliphatic carbocycles. The van der Waals surface area contributed by atoms with Crippen molar-refractivity contribution in [1.82, 2.24) is 4.57 Å². The molecule has 2 heterocycles. The summed E-state index contributed by atoms with van der Waals surface area (Å²) in [4.78, 5) is 30.0. The average molecular weight is 566 g/mol. The highest BCUT2D eigenvalue weighted by Crippen LogP contribution is 2.42. The maximum atomic E-state index is 14.5. The normalized spacial score (nSPS) is 12.6. The standard InChI is InChI=1S/C39H23N3O2/c40-24-28-15-9-17-30-29-16-7-8-19-33(29)41(37(28)30)35-20-10-18-31-36(35)39(44)42(38(31)43)34-22-21-27(25-11-3-1-4-12-25)23-32(34)26-13-5-2-6-14-26/h1-23H. The van der Waals surface area contributed by atoms with Gasteiger partial charge in [0.1, 0.15) is 6.07 Å². The molecule has 0 spiro atoms. The van der Waals surface area contributed by atoms with E-state index in [1.54, 1.807) is 18.2 Å². The van der Waals surface area contributed by atoms with Crippen LogP contribution in [0.1, 0.15) is 26.3 Å². The van der Waals surface area contributed by atoms with Crippen LogP contribution >= 0.6 is 0 Å². The van der Waals surface area contributed by atoms with Crippen molar-refractivity contribution in [3.05, 3.63) is 156 Å². The van der Waals surface area contributed by atoms with E-state index in [1.165, 1.54) is 4.90 Å². The molecular formula is C39H23N3O2. The predicted octanol–water partition coefficient (Wildman–Crippen LogP) is 8.79. The monoisotopic (exact) mass is 565 g/mol. The summed E-state index contributed by atoms with van der Waals surface area (Å²) in [6.45, 7) is 0. The van der Waals surface area contributed by atoms with Gasteiger partial charge in [-0.3, -0.25) is 9.59 Å². The molecule has 0 radical (unpaired) electrons. The Hall–Kier alpha value is -6.25. The van der Waals surface area contributed by atoms with Gasteiger partial charge in [0.2, 0.25) is 0 Å². The molecule has 0 saturated heterocycles. The van der Waals surface area contributed by atoms with E-state index >= 15 is 0 Å². The molecule has 1 aliphatic heterocycles. The Balaban J connectivity index is 1.35. The molecule has 2 amide bonds. The molecule has 1 aromatic heterocycles. The van der Waals surface area contributed by atoms with Gasteiger partial charge in [-0.2, -0.15) is 5.26 Å². The SMILES string of the molecule is N#Cc1cccc2c3ccccc3n(-c3cccc4c3C(=O)N(c3ccc(-c5ccccc5)cc3-c3ccccc3)C4=O)c12. The first-order valence-corrected chi connectivity index (χ1v) is 14.3. The number of anilines is 1. The minimum absolute atomic E-state index is 0.319. The molecule has 1 aliphatic rings. The first-order valence-electron chi connectivity index (χ1n) is 14.3. The van der Waals surface area contributed by atoms with E-state index < -0.39 is 5.91 Å². The second-order valence-electron chi connectivity index (χ2n) is 10.8. The minimum atomic E-state index is -0.398. The molecule has 7 aromatic rings. The van der Waals surface area contributed by atoms with Crippen LogP contribution in [0.4, 0.5) is 5.69 Å². The summed E-state index contributed by atoms with van der Waals surface area (Å²) in [6, 6.07) is 46.9. The third kappa shape index (κ3) is 3.72. The molecule has 6 aromatic carbocycles. The van der Waals surface area contributed by atoms with Crippen LogP contribution < -0.4 is 4.90 Å². The van der Waals surface area contributed by atoms with Crippen molar-refractivity contribution in [2.45, 2.75) is 0 Å². The third-order valence-electron chi connectivity index (χ3n) is 8.38. The van der Waals surface area contributed by atoms with Gasteiger partial charge in [0.25, 0.3) is 11.8 Å². The second kappa shape index (κ2) is 9.94. The fourth-order valence-corrected chi connectivity index (χ4v) is 6.42. The largest absolute Gasteiger partial charge is 0.307 e. The van der Waals surface area contributed by atoms with Crippen molar-refractivity contribution < 1.29 is 9.59 Å². The van der Waals surface area contributed by atoms with Crippen molar-refractivity contribution in [3.8, 4) is 34.0 Å². The molecule has 8 rings (SSSR count). The number of amides is 2. The third-order valence-corrected chi connectivity index (χ3v) is 8.38. The number of aromatic nitrogens is 1. The fraction of sp³-hybridized carbons (Fsp3) is 0. The number of para-hydroxylation sites is 2. The molecule has 0 bridgehead atoms. The summed E-state index contributed by atoms with van der Waals surface area (Å²) in [5.74, 6) is -0.775. The number of fused-ring (bicyclic) bond motifs is 4. The predicted molar refractivity (Wildman–Crippen MR) is 174 cm³/mol. The van der Waals surface area contributed by atoms with E-state index in [9.17, 15) is 14.9 Å². The first-order chi connectivity index (χ1) is 21.7. The van der Waals surface area contributed by atoms with Crippen LogP contribution in [0.2, 0.25) is 0 Å². The average Bonchev–Trinajstić information content (AvgIpc) is 3.56. The number of hydrogen-bond acceptors (Lipinski definition) is 3. The van der Waals surface area contributed by atoms with Crippen LogP contribution in [-0.2, 0) is 0 Å². The first kappa shape index (κ1) is 25.5. The van der Waals surface area contributed by atoms with Gasteiger partial charge in [0.15, 0.2) is 0 Å². The molecule has 206 valence electrons. The number of carbonyl (C=O) groups is 2. The van der Waals surface area contributed by atoms with Gasteiger partial charge < -0.3 is 4.57 Å². The quantitative estimate of drug-likeness (QED) is 0.200. The van der Waals surface area contributed by atoms with E-state index in [0.717, 1.165) is 38.5 Å². The Morgan fingerprint density at radius 2 is 1.20 bits per heavy atom. The maximum absolute atomic E-state index is 14.5. The summed E-state index contributed by atoms with van der Waals surface area (Å²) >= 11 is 0. The maximum Gasteiger partial charge on any atom is 0.268 e. The van der Waals surface area contributed by atoms with Crippen molar-refractivity contribution in [1.29, 1.82) is 5.26 Å². The van der Waals surface area contributed by atoms with E-state index in [0.29, 0.717) is 33.6 Å². The van der Waals surface area contributed by atoms with Gasteiger partial charge in [0.05, 0.1) is 39.1 Å². The number of carbonyl (C=O) groups excluding carboxylic acids is 2. The van der Waals surface area contributed by atoms with Crippen molar-refractivity contribution in [3.63, 3.8) is 0 Å². The van der Waals surface area contributed by atoms with Crippen molar-refractivity contribution in [2.75, 3.05) is 4.90 Å². The lowest BCUT2D eigenvalue weighted by molar-refractivity contribution is 0.0926. The number of imide groups is 1. The highest BCUT2D eigenvalue weighted by atomic mass is 16.2. The van der Waals surface area contributed by atoms with Crippen molar-refractivity contribution >= 4 is 39.3 Å².